The second-order valence-electron chi connectivity index (χ2n) is 5.35. The summed E-state index contributed by atoms with van der Waals surface area (Å²) in [6.07, 6.45) is 0. The number of aryl methyl sites for hydroxylation is 2. The van der Waals surface area contributed by atoms with Crippen molar-refractivity contribution < 1.29 is 14.3 Å². The Morgan fingerprint density at radius 3 is 2.30 bits per heavy atom. The molecule has 0 atom stereocenters. The Labute approximate surface area is 136 Å². The molecule has 0 bridgehead atoms. The second-order valence-corrected chi connectivity index (χ2v) is 5.35. The molecule has 4 nitrogen and oxygen atoms in total. The molecule has 0 saturated carbocycles. The van der Waals surface area contributed by atoms with E-state index in [1.165, 1.54) is 0 Å². The van der Waals surface area contributed by atoms with Gasteiger partial charge in [-0.2, -0.15) is 0 Å². The predicted octanol–water partition coefficient (Wildman–Crippen LogP) is 3.51. The summed E-state index contributed by atoms with van der Waals surface area (Å²) in [7, 11) is 0. The Morgan fingerprint density at radius 1 is 1.00 bits per heavy atom. The zero-order chi connectivity index (χ0) is 16.8. The van der Waals surface area contributed by atoms with E-state index in [4.69, 9.17) is 4.74 Å². The van der Waals surface area contributed by atoms with Crippen molar-refractivity contribution in [3.63, 3.8) is 0 Å². The number of benzene rings is 2. The molecule has 2 aromatic rings. The number of ether oxygens (including phenoxy) is 1. The molecule has 2 rings (SSSR count). The van der Waals surface area contributed by atoms with Gasteiger partial charge in [0.15, 0.2) is 6.61 Å². The number of carbonyl (C=O) groups excluding carboxylic acids is 2. The van der Waals surface area contributed by atoms with Gasteiger partial charge in [-0.05, 0) is 56.2 Å². The Kier molecular flexibility index (Phi) is 5.52. The molecule has 1 amide bonds. The van der Waals surface area contributed by atoms with Crippen molar-refractivity contribution in [2.45, 2.75) is 20.8 Å². The summed E-state index contributed by atoms with van der Waals surface area (Å²) >= 11 is 0. The number of rotatable bonds is 5. The van der Waals surface area contributed by atoms with E-state index in [2.05, 4.69) is 0 Å². The van der Waals surface area contributed by atoms with Gasteiger partial charge in [-0.1, -0.05) is 24.3 Å². The van der Waals surface area contributed by atoms with Crippen LogP contribution >= 0.6 is 0 Å². The molecule has 0 unspecified atom stereocenters. The Balaban J connectivity index is 2.00. The molecule has 2 aromatic carbocycles. The first-order valence-corrected chi connectivity index (χ1v) is 7.62. The Bertz CT molecular complexity index is 695. The molecule has 0 aliphatic carbocycles. The van der Waals surface area contributed by atoms with Crippen LogP contribution < -0.4 is 4.90 Å². The van der Waals surface area contributed by atoms with Gasteiger partial charge in [0.1, 0.15) is 0 Å². The summed E-state index contributed by atoms with van der Waals surface area (Å²) in [5.74, 6) is -0.721. The van der Waals surface area contributed by atoms with Crippen LogP contribution in [0.5, 0.6) is 0 Å². The number of carbonyl (C=O) groups is 2. The molecule has 0 N–H and O–H groups in total. The van der Waals surface area contributed by atoms with Crippen LogP contribution in [0.2, 0.25) is 0 Å². The lowest BCUT2D eigenvalue weighted by Crippen LogP contribution is -2.34. The molecule has 0 spiro atoms. The molecule has 0 aliphatic rings. The zero-order valence-electron chi connectivity index (χ0n) is 13.7. The minimum Gasteiger partial charge on any atom is -0.452 e. The molecule has 0 fully saturated rings. The molecule has 4 heteroatoms. The maximum atomic E-state index is 12.3. The lowest BCUT2D eigenvalue weighted by Gasteiger charge is -2.20. The van der Waals surface area contributed by atoms with E-state index < -0.39 is 5.97 Å². The van der Waals surface area contributed by atoms with Gasteiger partial charge in [0.2, 0.25) is 0 Å². The summed E-state index contributed by atoms with van der Waals surface area (Å²) < 4.78 is 5.16. The molecule has 120 valence electrons. The van der Waals surface area contributed by atoms with Gasteiger partial charge in [-0.3, -0.25) is 4.79 Å². The van der Waals surface area contributed by atoms with Gasteiger partial charge in [-0.25, -0.2) is 4.79 Å². The molecule has 0 heterocycles. The number of para-hydroxylation sites is 1. The first-order valence-electron chi connectivity index (χ1n) is 7.62. The summed E-state index contributed by atoms with van der Waals surface area (Å²) in [6, 6.07) is 14.7. The molecule has 23 heavy (non-hydrogen) atoms. The third-order valence-corrected chi connectivity index (χ3v) is 3.75. The maximum absolute atomic E-state index is 12.3. The first kappa shape index (κ1) is 16.7. The van der Waals surface area contributed by atoms with Gasteiger partial charge < -0.3 is 9.64 Å². The SMILES string of the molecule is CCN(C(=O)COC(=O)c1ccc(C)c(C)c1)c1ccccc1. The Hall–Kier alpha value is -2.62. The number of anilines is 1. The highest BCUT2D eigenvalue weighted by Gasteiger charge is 2.16. The first-order chi connectivity index (χ1) is 11.0. The van der Waals surface area contributed by atoms with Crippen molar-refractivity contribution >= 4 is 17.6 Å². The Morgan fingerprint density at radius 2 is 1.70 bits per heavy atom. The number of hydrogen-bond donors (Lipinski definition) is 0. The van der Waals surface area contributed by atoms with E-state index in [1.54, 1.807) is 17.0 Å². The van der Waals surface area contributed by atoms with Gasteiger partial charge in [-0.15, -0.1) is 0 Å². The highest BCUT2D eigenvalue weighted by molar-refractivity contribution is 5.97. The summed E-state index contributed by atoms with van der Waals surface area (Å²) in [5.41, 5.74) is 3.38. The third-order valence-electron chi connectivity index (χ3n) is 3.75. The van der Waals surface area contributed by atoms with Crippen LogP contribution in [0.1, 0.15) is 28.4 Å². The van der Waals surface area contributed by atoms with Crippen molar-refractivity contribution in [3.8, 4) is 0 Å². The fourth-order valence-corrected chi connectivity index (χ4v) is 2.27. The molecule has 0 aliphatic heterocycles. The largest absolute Gasteiger partial charge is 0.452 e. The molecule has 0 saturated heterocycles. The highest BCUT2D eigenvalue weighted by atomic mass is 16.5. The monoisotopic (exact) mass is 311 g/mol. The van der Waals surface area contributed by atoms with Gasteiger partial charge in [0.25, 0.3) is 5.91 Å². The minimum absolute atomic E-state index is 0.240. The molecular weight excluding hydrogens is 290 g/mol. The number of esters is 1. The van der Waals surface area contributed by atoms with Crippen LogP contribution in [0.3, 0.4) is 0 Å². The fourth-order valence-electron chi connectivity index (χ4n) is 2.27. The van der Waals surface area contributed by atoms with Crippen LogP contribution in [0.15, 0.2) is 48.5 Å². The maximum Gasteiger partial charge on any atom is 0.338 e. The smallest absolute Gasteiger partial charge is 0.338 e. The zero-order valence-corrected chi connectivity index (χ0v) is 13.7. The highest BCUT2D eigenvalue weighted by Crippen LogP contribution is 2.14. The summed E-state index contributed by atoms with van der Waals surface area (Å²) in [6.45, 7) is 6.05. The molecular formula is C19H21NO3. The van der Waals surface area contributed by atoms with E-state index in [0.717, 1.165) is 16.8 Å². The molecule has 0 aromatic heterocycles. The minimum atomic E-state index is -0.481. The van der Waals surface area contributed by atoms with Gasteiger partial charge in [0, 0.05) is 12.2 Å². The van der Waals surface area contributed by atoms with Crippen molar-refractivity contribution in [2.24, 2.45) is 0 Å². The van der Waals surface area contributed by atoms with Crippen LogP contribution in [0.4, 0.5) is 5.69 Å². The van der Waals surface area contributed by atoms with Crippen LogP contribution in [0, 0.1) is 13.8 Å². The number of likely N-dealkylation sites (N-methyl/N-ethyl adjacent to an activating group) is 1. The number of hydrogen-bond acceptors (Lipinski definition) is 3. The van der Waals surface area contributed by atoms with E-state index in [9.17, 15) is 9.59 Å². The average Bonchev–Trinajstić information content (AvgIpc) is 2.57. The van der Waals surface area contributed by atoms with Crippen molar-refractivity contribution in [1.82, 2.24) is 0 Å². The number of amides is 1. The standard InChI is InChI=1S/C19H21NO3/c1-4-20(17-8-6-5-7-9-17)18(21)13-23-19(22)16-11-10-14(2)15(3)12-16/h5-12H,4,13H2,1-3H3. The van der Waals surface area contributed by atoms with Gasteiger partial charge >= 0.3 is 5.97 Å². The summed E-state index contributed by atoms with van der Waals surface area (Å²) in [5, 5.41) is 0. The molecule has 0 radical (unpaired) electrons. The predicted molar refractivity (Wildman–Crippen MR) is 90.7 cm³/mol. The van der Waals surface area contributed by atoms with E-state index in [0.29, 0.717) is 12.1 Å². The number of nitrogens with zero attached hydrogens (tertiary/aromatic N) is 1. The van der Waals surface area contributed by atoms with E-state index in [1.807, 2.05) is 57.2 Å². The van der Waals surface area contributed by atoms with Crippen LogP contribution in [-0.4, -0.2) is 25.0 Å². The van der Waals surface area contributed by atoms with E-state index in [-0.39, 0.29) is 12.5 Å². The average molecular weight is 311 g/mol. The van der Waals surface area contributed by atoms with Crippen LogP contribution in [0.25, 0.3) is 0 Å². The quantitative estimate of drug-likeness (QED) is 0.794. The van der Waals surface area contributed by atoms with Crippen molar-refractivity contribution in [1.29, 1.82) is 0 Å². The third kappa shape index (κ3) is 4.19. The van der Waals surface area contributed by atoms with Crippen LogP contribution in [-0.2, 0) is 9.53 Å². The van der Waals surface area contributed by atoms with Crippen molar-refractivity contribution in [3.05, 3.63) is 65.2 Å². The second kappa shape index (κ2) is 7.58. The normalized spacial score (nSPS) is 10.2. The van der Waals surface area contributed by atoms with Gasteiger partial charge in [0.05, 0.1) is 5.56 Å². The van der Waals surface area contributed by atoms with E-state index >= 15 is 0 Å². The fraction of sp³-hybridized carbons (Fsp3) is 0.263. The van der Waals surface area contributed by atoms with Crippen molar-refractivity contribution in [2.75, 3.05) is 18.1 Å². The topological polar surface area (TPSA) is 46.6 Å². The summed E-state index contributed by atoms with van der Waals surface area (Å²) in [4.78, 5) is 25.9. The lowest BCUT2D eigenvalue weighted by atomic mass is 10.1. The lowest BCUT2D eigenvalue weighted by molar-refractivity contribution is -0.121.